The number of nitrogens with zero attached hydrogens (tertiary/aromatic N) is 4. The van der Waals surface area contributed by atoms with E-state index in [1.807, 2.05) is 13.0 Å². The summed E-state index contributed by atoms with van der Waals surface area (Å²) >= 11 is 0. The van der Waals surface area contributed by atoms with E-state index in [1.54, 1.807) is 35.4 Å². The molecule has 0 spiro atoms. The molecule has 28 heavy (non-hydrogen) atoms. The lowest BCUT2D eigenvalue weighted by Gasteiger charge is -2.34. The molecule has 0 radical (unpaired) electrons. The van der Waals surface area contributed by atoms with Crippen molar-refractivity contribution < 1.29 is 9.13 Å². The second kappa shape index (κ2) is 11.4. The first-order valence-electron chi connectivity index (χ1n) is 9.62. The van der Waals surface area contributed by atoms with Crippen LogP contribution in [-0.4, -0.2) is 52.8 Å². The van der Waals surface area contributed by atoms with Crippen LogP contribution in [0.4, 0.5) is 4.39 Å². The number of hydrogen-bond donors (Lipinski definition) is 1. The molecule has 1 N–H and O–H groups in total. The number of guanidine groups is 1. The Morgan fingerprint density at radius 2 is 2.11 bits per heavy atom. The summed E-state index contributed by atoms with van der Waals surface area (Å²) in [5.74, 6) is 0.606. The molecule has 6 nitrogen and oxygen atoms in total. The fourth-order valence-corrected chi connectivity index (χ4v) is 3.32. The number of aromatic nitrogens is 2. The second-order valence-electron chi connectivity index (χ2n) is 6.57. The number of aliphatic imine (C=N–C) groups is 1. The standard InChI is InChI=1S/C20H28FN5O.HI/c1-3-23-20(25-10-7-17(8-11-25)27-4-2)24-14-16-5-6-19(18(21)13-16)26-12-9-22-15-26;/h5-6,9,12-13,15,17H,3-4,7-8,10-11,14H2,1-2H3,(H,23,24);1H. The summed E-state index contributed by atoms with van der Waals surface area (Å²) in [7, 11) is 0. The van der Waals surface area contributed by atoms with Gasteiger partial charge in [-0.1, -0.05) is 6.07 Å². The SMILES string of the molecule is CCNC(=NCc1ccc(-n2ccnc2)c(F)c1)N1CCC(OCC)CC1.I. The molecular formula is C20H29FIN5O. The molecule has 0 atom stereocenters. The maximum absolute atomic E-state index is 14.4. The number of hydrogen-bond acceptors (Lipinski definition) is 3. The molecule has 8 heteroatoms. The summed E-state index contributed by atoms with van der Waals surface area (Å²) in [4.78, 5) is 10.9. The van der Waals surface area contributed by atoms with Gasteiger partial charge in [-0.25, -0.2) is 14.4 Å². The number of nitrogens with one attached hydrogen (secondary N) is 1. The lowest BCUT2D eigenvalue weighted by atomic mass is 10.1. The van der Waals surface area contributed by atoms with Gasteiger partial charge in [0.25, 0.3) is 0 Å². The quantitative estimate of drug-likeness (QED) is 0.374. The van der Waals surface area contributed by atoms with Gasteiger partial charge in [0, 0.05) is 38.6 Å². The average Bonchev–Trinajstić information content (AvgIpc) is 3.21. The van der Waals surface area contributed by atoms with Crippen molar-refractivity contribution in [3.05, 3.63) is 48.3 Å². The molecule has 1 saturated heterocycles. The third kappa shape index (κ3) is 5.91. The van der Waals surface area contributed by atoms with Crippen molar-refractivity contribution in [1.29, 1.82) is 0 Å². The highest BCUT2D eigenvalue weighted by Crippen LogP contribution is 2.17. The molecule has 1 aliphatic heterocycles. The minimum Gasteiger partial charge on any atom is -0.378 e. The van der Waals surface area contributed by atoms with Crippen LogP contribution in [0.25, 0.3) is 5.69 Å². The van der Waals surface area contributed by atoms with Gasteiger partial charge in [-0.05, 0) is 44.4 Å². The van der Waals surface area contributed by atoms with Crippen LogP contribution in [0.1, 0.15) is 32.3 Å². The normalized spacial score (nSPS) is 15.4. The fraction of sp³-hybridized carbons (Fsp3) is 0.500. The van der Waals surface area contributed by atoms with Crippen LogP contribution in [0.2, 0.25) is 0 Å². The molecule has 1 aliphatic rings. The van der Waals surface area contributed by atoms with E-state index in [1.165, 1.54) is 0 Å². The number of halogens is 2. The maximum atomic E-state index is 14.4. The van der Waals surface area contributed by atoms with Crippen LogP contribution in [0.15, 0.2) is 41.9 Å². The van der Waals surface area contributed by atoms with E-state index < -0.39 is 0 Å². The molecule has 2 heterocycles. The summed E-state index contributed by atoms with van der Waals surface area (Å²) in [6.07, 6.45) is 7.31. The molecule has 0 saturated carbocycles. The molecule has 1 aromatic carbocycles. The minimum absolute atomic E-state index is 0. The highest BCUT2D eigenvalue weighted by Gasteiger charge is 2.21. The summed E-state index contributed by atoms with van der Waals surface area (Å²) in [6, 6.07) is 5.22. The van der Waals surface area contributed by atoms with Gasteiger partial charge in [0.1, 0.15) is 5.82 Å². The lowest BCUT2D eigenvalue weighted by Crippen LogP contribution is -2.47. The highest BCUT2D eigenvalue weighted by molar-refractivity contribution is 14.0. The van der Waals surface area contributed by atoms with Gasteiger partial charge < -0.3 is 19.5 Å². The zero-order valence-electron chi connectivity index (χ0n) is 16.5. The third-order valence-electron chi connectivity index (χ3n) is 4.68. The molecule has 0 aliphatic carbocycles. The molecule has 0 unspecified atom stereocenters. The van der Waals surface area contributed by atoms with Gasteiger partial charge in [0.05, 0.1) is 24.7 Å². The highest BCUT2D eigenvalue weighted by atomic mass is 127. The number of benzene rings is 1. The topological polar surface area (TPSA) is 54.7 Å². The Labute approximate surface area is 183 Å². The number of rotatable bonds is 6. The predicted octanol–water partition coefficient (Wildman–Crippen LogP) is 3.60. The molecule has 1 aromatic heterocycles. The molecule has 3 rings (SSSR count). The van der Waals surface area contributed by atoms with Gasteiger partial charge in [-0.3, -0.25) is 0 Å². The van der Waals surface area contributed by atoms with Crippen molar-refractivity contribution in [3.8, 4) is 5.69 Å². The molecule has 1 fully saturated rings. The first-order valence-corrected chi connectivity index (χ1v) is 9.62. The Morgan fingerprint density at radius 1 is 1.32 bits per heavy atom. The summed E-state index contributed by atoms with van der Waals surface area (Å²) in [6.45, 7) is 7.94. The second-order valence-corrected chi connectivity index (χ2v) is 6.57. The molecule has 0 bridgehead atoms. The van der Waals surface area contributed by atoms with E-state index in [9.17, 15) is 4.39 Å². The van der Waals surface area contributed by atoms with E-state index in [0.717, 1.165) is 50.6 Å². The third-order valence-corrected chi connectivity index (χ3v) is 4.68. The van der Waals surface area contributed by atoms with E-state index in [-0.39, 0.29) is 29.8 Å². The summed E-state index contributed by atoms with van der Waals surface area (Å²) < 4.78 is 21.8. The lowest BCUT2D eigenvalue weighted by molar-refractivity contribution is 0.0263. The Bertz CT molecular complexity index is 745. The van der Waals surface area contributed by atoms with Crippen LogP contribution >= 0.6 is 24.0 Å². The predicted molar refractivity (Wildman–Crippen MR) is 120 cm³/mol. The summed E-state index contributed by atoms with van der Waals surface area (Å²) in [5.41, 5.74) is 1.33. The van der Waals surface area contributed by atoms with Crippen molar-refractivity contribution in [3.63, 3.8) is 0 Å². The van der Waals surface area contributed by atoms with E-state index in [4.69, 9.17) is 9.73 Å². The van der Waals surface area contributed by atoms with E-state index in [2.05, 4.69) is 22.1 Å². The minimum atomic E-state index is -0.275. The van der Waals surface area contributed by atoms with Crippen LogP contribution in [-0.2, 0) is 11.3 Å². The molecule has 2 aromatic rings. The van der Waals surface area contributed by atoms with Gasteiger partial charge >= 0.3 is 0 Å². The van der Waals surface area contributed by atoms with Crippen molar-refractivity contribution in [2.24, 2.45) is 4.99 Å². The average molecular weight is 501 g/mol. The molecule has 0 amide bonds. The van der Waals surface area contributed by atoms with Crippen molar-refractivity contribution in [2.45, 2.75) is 39.3 Å². The smallest absolute Gasteiger partial charge is 0.194 e. The Balaban J connectivity index is 0.00000280. The maximum Gasteiger partial charge on any atom is 0.194 e. The van der Waals surface area contributed by atoms with Gasteiger partial charge in [0.15, 0.2) is 5.96 Å². The van der Waals surface area contributed by atoms with Gasteiger partial charge in [-0.15, -0.1) is 24.0 Å². The zero-order chi connectivity index (χ0) is 19.1. The molecular weight excluding hydrogens is 472 g/mol. The summed E-state index contributed by atoms with van der Waals surface area (Å²) in [5, 5.41) is 3.35. The van der Waals surface area contributed by atoms with Crippen LogP contribution in [0.3, 0.4) is 0 Å². The van der Waals surface area contributed by atoms with E-state index in [0.29, 0.717) is 18.3 Å². The fourth-order valence-electron chi connectivity index (χ4n) is 3.32. The van der Waals surface area contributed by atoms with Crippen molar-refractivity contribution in [1.82, 2.24) is 19.8 Å². The van der Waals surface area contributed by atoms with E-state index >= 15 is 0 Å². The van der Waals surface area contributed by atoms with Crippen molar-refractivity contribution >= 4 is 29.9 Å². The molecule has 154 valence electrons. The Hall–Kier alpha value is -1.68. The number of piperidine rings is 1. The number of ether oxygens (including phenoxy) is 1. The first kappa shape index (κ1) is 22.6. The number of imidazole rings is 1. The van der Waals surface area contributed by atoms with Crippen LogP contribution < -0.4 is 5.32 Å². The van der Waals surface area contributed by atoms with Crippen LogP contribution in [0.5, 0.6) is 0 Å². The van der Waals surface area contributed by atoms with Gasteiger partial charge in [0.2, 0.25) is 0 Å². The monoisotopic (exact) mass is 501 g/mol. The number of likely N-dealkylation sites (tertiary alicyclic amines) is 1. The Kier molecular flexibility index (Phi) is 9.17. The zero-order valence-corrected chi connectivity index (χ0v) is 18.8. The van der Waals surface area contributed by atoms with Crippen LogP contribution in [0, 0.1) is 5.82 Å². The Morgan fingerprint density at radius 3 is 2.71 bits per heavy atom. The largest absolute Gasteiger partial charge is 0.378 e. The van der Waals surface area contributed by atoms with Gasteiger partial charge in [-0.2, -0.15) is 0 Å². The first-order chi connectivity index (χ1) is 13.2. The van der Waals surface area contributed by atoms with Crippen molar-refractivity contribution in [2.75, 3.05) is 26.2 Å².